The van der Waals surface area contributed by atoms with E-state index in [4.69, 9.17) is 21.1 Å². The third-order valence-electron chi connectivity index (χ3n) is 7.38. The SMILES string of the molecule is O=C(NC[C@@H]1CCCO1)[C@H](c1ccccc1)N(Cc1ccc(Cl)cc1)C(=O)COc1ccc(S(=O)(=O)Nc2ccc(F)cc2)cc1. The van der Waals surface area contributed by atoms with Gasteiger partial charge in [0.2, 0.25) is 5.91 Å². The van der Waals surface area contributed by atoms with Crippen LogP contribution in [0.3, 0.4) is 0 Å². The number of carbonyl (C=O) groups excluding carboxylic acids is 2. The molecule has 2 amide bonds. The summed E-state index contributed by atoms with van der Waals surface area (Å²) in [5, 5.41) is 3.51. The molecule has 9 nitrogen and oxygen atoms in total. The van der Waals surface area contributed by atoms with E-state index in [9.17, 15) is 22.4 Å². The molecule has 46 heavy (non-hydrogen) atoms. The number of nitrogens with zero attached hydrogens (tertiary/aromatic N) is 1. The Balaban J connectivity index is 1.33. The van der Waals surface area contributed by atoms with Crippen LogP contribution in [0.5, 0.6) is 5.75 Å². The first-order valence-corrected chi connectivity index (χ1v) is 16.5. The first kappa shape index (κ1) is 32.9. The molecule has 0 spiro atoms. The van der Waals surface area contributed by atoms with Crippen LogP contribution in [-0.2, 0) is 30.9 Å². The van der Waals surface area contributed by atoms with E-state index in [-0.39, 0.29) is 34.9 Å². The highest BCUT2D eigenvalue weighted by Crippen LogP contribution is 2.26. The molecule has 0 bridgehead atoms. The summed E-state index contributed by atoms with van der Waals surface area (Å²) >= 11 is 6.09. The summed E-state index contributed by atoms with van der Waals surface area (Å²) in [6, 6.07) is 25.5. The minimum Gasteiger partial charge on any atom is -0.484 e. The van der Waals surface area contributed by atoms with Crippen LogP contribution in [0.4, 0.5) is 10.1 Å². The second kappa shape index (κ2) is 15.2. The Morgan fingerprint density at radius 3 is 2.30 bits per heavy atom. The number of hydrogen-bond donors (Lipinski definition) is 2. The maximum Gasteiger partial charge on any atom is 0.261 e. The molecule has 2 atom stereocenters. The molecule has 240 valence electrons. The topological polar surface area (TPSA) is 114 Å². The van der Waals surface area contributed by atoms with E-state index in [1.165, 1.54) is 41.3 Å². The molecule has 2 N–H and O–H groups in total. The van der Waals surface area contributed by atoms with E-state index in [0.717, 1.165) is 30.5 Å². The quantitative estimate of drug-likeness (QED) is 0.189. The van der Waals surface area contributed by atoms with Crippen LogP contribution in [0.2, 0.25) is 5.02 Å². The van der Waals surface area contributed by atoms with E-state index in [2.05, 4.69) is 10.0 Å². The smallest absolute Gasteiger partial charge is 0.261 e. The molecule has 12 heteroatoms. The number of carbonyl (C=O) groups is 2. The molecule has 1 heterocycles. The first-order chi connectivity index (χ1) is 22.2. The molecule has 1 aliphatic heterocycles. The summed E-state index contributed by atoms with van der Waals surface area (Å²) in [5.41, 5.74) is 1.59. The van der Waals surface area contributed by atoms with Crippen molar-refractivity contribution < 1.29 is 31.9 Å². The fraction of sp³-hybridized carbons (Fsp3) is 0.235. The second-order valence-corrected chi connectivity index (χ2v) is 12.8. The second-order valence-electron chi connectivity index (χ2n) is 10.7. The van der Waals surface area contributed by atoms with Crippen LogP contribution < -0.4 is 14.8 Å². The van der Waals surface area contributed by atoms with Crippen LogP contribution >= 0.6 is 11.6 Å². The Kier molecular flexibility index (Phi) is 10.9. The summed E-state index contributed by atoms with van der Waals surface area (Å²) in [6.07, 6.45) is 1.69. The highest BCUT2D eigenvalue weighted by Gasteiger charge is 2.32. The van der Waals surface area contributed by atoms with Gasteiger partial charge in [-0.2, -0.15) is 0 Å². The average molecular weight is 666 g/mol. The van der Waals surface area contributed by atoms with E-state index >= 15 is 0 Å². The zero-order valence-electron chi connectivity index (χ0n) is 24.8. The van der Waals surface area contributed by atoms with Gasteiger partial charge in [-0.1, -0.05) is 54.1 Å². The molecule has 5 rings (SSSR count). The van der Waals surface area contributed by atoms with Crippen molar-refractivity contribution in [3.05, 3.63) is 125 Å². The molecule has 0 aliphatic carbocycles. The summed E-state index contributed by atoms with van der Waals surface area (Å²) in [5.74, 6) is -1.06. The van der Waals surface area contributed by atoms with Gasteiger partial charge in [0, 0.05) is 30.4 Å². The standard InChI is InChI=1S/C34H33ClFN3O6S/c35-26-10-8-24(9-11-26)22-39(33(25-5-2-1-3-6-25)34(41)37-21-30-7-4-20-44-30)32(40)23-45-29-16-18-31(19-17-29)46(42,43)38-28-14-12-27(36)13-15-28/h1-3,5-6,8-19,30,33,38H,4,7,20-23H2,(H,37,41)/t30-,33-/m0/s1. The minimum absolute atomic E-state index is 0.0491. The summed E-state index contributed by atoms with van der Waals surface area (Å²) in [4.78, 5) is 29.0. The first-order valence-electron chi connectivity index (χ1n) is 14.7. The summed E-state index contributed by atoms with van der Waals surface area (Å²) in [7, 11) is -3.95. The average Bonchev–Trinajstić information content (AvgIpc) is 3.59. The van der Waals surface area contributed by atoms with Gasteiger partial charge in [0.1, 0.15) is 17.6 Å². The van der Waals surface area contributed by atoms with E-state index in [1.807, 2.05) is 6.07 Å². The van der Waals surface area contributed by atoms with Gasteiger partial charge < -0.3 is 19.7 Å². The Bertz CT molecular complexity index is 1720. The molecule has 0 unspecified atom stereocenters. The van der Waals surface area contributed by atoms with Crippen molar-refractivity contribution >= 4 is 39.1 Å². The lowest BCUT2D eigenvalue weighted by molar-refractivity contribution is -0.143. The minimum atomic E-state index is -3.95. The number of sulfonamides is 1. The molecule has 4 aromatic rings. The highest BCUT2D eigenvalue weighted by atomic mass is 35.5. The van der Waals surface area contributed by atoms with Gasteiger partial charge in [-0.15, -0.1) is 0 Å². The number of halogens is 2. The molecule has 1 aliphatic rings. The molecule has 1 fully saturated rings. The Hall–Kier alpha value is -4.45. The van der Waals surface area contributed by atoms with Crippen LogP contribution in [0.25, 0.3) is 0 Å². The largest absolute Gasteiger partial charge is 0.484 e. The van der Waals surface area contributed by atoms with Crippen molar-refractivity contribution in [2.24, 2.45) is 0 Å². The fourth-order valence-corrected chi connectivity index (χ4v) is 6.19. The zero-order valence-corrected chi connectivity index (χ0v) is 26.3. The lowest BCUT2D eigenvalue weighted by Gasteiger charge is -2.32. The van der Waals surface area contributed by atoms with Crippen molar-refractivity contribution in [3.63, 3.8) is 0 Å². The lowest BCUT2D eigenvalue weighted by atomic mass is 10.0. The van der Waals surface area contributed by atoms with Gasteiger partial charge >= 0.3 is 0 Å². The van der Waals surface area contributed by atoms with Gasteiger partial charge in [0.25, 0.3) is 15.9 Å². The molecule has 0 saturated carbocycles. The van der Waals surface area contributed by atoms with E-state index in [1.54, 1.807) is 48.5 Å². The Morgan fingerprint density at radius 2 is 1.65 bits per heavy atom. The number of nitrogens with one attached hydrogen (secondary N) is 2. The molecular formula is C34H33ClFN3O6S. The predicted octanol–water partition coefficient (Wildman–Crippen LogP) is 5.72. The van der Waals surface area contributed by atoms with Crippen molar-refractivity contribution in [1.82, 2.24) is 10.2 Å². The number of benzene rings is 4. The van der Waals surface area contributed by atoms with Crippen LogP contribution in [0.15, 0.2) is 108 Å². The van der Waals surface area contributed by atoms with Crippen molar-refractivity contribution in [1.29, 1.82) is 0 Å². The van der Waals surface area contributed by atoms with E-state index in [0.29, 0.717) is 23.7 Å². The molecule has 0 aromatic heterocycles. The van der Waals surface area contributed by atoms with Crippen molar-refractivity contribution in [2.75, 3.05) is 24.5 Å². The Morgan fingerprint density at radius 1 is 0.957 bits per heavy atom. The van der Waals surface area contributed by atoms with Crippen LogP contribution in [-0.4, -0.2) is 51.0 Å². The molecule has 1 saturated heterocycles. The predicted molar refractivity (Wildman–Crippen MR) is 172 cm³/mol. The van der Waals surface area contributed by atoms with Gasteiger partial charge in [-0.05, 0) is 84.6 Å². The van der Waals surface area contributed by atoms with E-state index < -0.39 is 34.4 Å². The van der Waals surface area contributed by atoms with Crippen LogP contribution in [0, 0.1) is 5.82 Å². The monoisotopic (exact) mass is 665 g/mol. The zero-order chi connectivity index (χ0) is 32.5. The molecule has 4 aromatic carbocycles. The Labute approximate surface area is 272 Å². The van der Waals surface area contributed by atoms with Gasteiger partial charge in [-0.25, -0.2) is 12.8 Å². The number of rotatable bonds is 13. The maximum absolute atomic E-state index is 13.9. The lowest BCUT2D eigenvalue weighted by Crippen LogP contribution is -2.46. The maximum atomic E-state index is 13.9. The number of hydrogen-bond acceptors (Lipinski definition) is 6. The number of amides is 2. The number of anilines is 1. The fourth-order valence-electron chi connectivity index (χ4n) is 5.01. The molecular weight excluding hydrogens is 633 g/mol. The highest BCUT2D eigenvalue weighted by molar-refractivity contribution is 7.92. The van der Waals surface area contributed by atoms with Gasteiger partial charge in [0.05, 0.1) is 11.0 Å². The third kappa shape index (κ3) is 8.84. The van der Waals surface area contributed by atoms with Crippen molar-refractivity contribution in [3.8, 4) is 5.75 Å². The van der Waals surface area contributed by atoms with Gasteiger partial charge in [-0.3, -0.25) is 14.3 Å². The van der Waals surface area contributed by atoms with Gasteiger partial charge in [0.15, 0.2) is 6.61 Å². The normalized spacial score (nSPS) is 15.1. The van der Waals surface area contributed by atoms with Crippen molar-refractivity contribution in [2.45, 2.75) is 36.4 Å². The summed E-state index contributed by atoms with van der Waals surface area (Å²) in [6.45, 7) is 0.653. The summed E-state index contributed by atoms with van der Waals surface area (Å²) < 4.78 is 52.7. The third-order valence-corrected chi connectivity index (χ3v) is 9.03. The molecule has 0 radical (unpaired) electrons. The number of ether oxygens (including phenoxy) is 2. The van der Waals surface area contributed by atoms with Crippen LogP contribution in [0.1, 0.15) is 30.0 Å².